The number of fused-ring (bicyclic) bond motifs is 2. The molecule has 94 valence electrons. The van der Waals surface area contributed by atoms with Gasteiger partial charge in [-0.05, 0) is 31.9 Å². The van der Waals surface area contributed by atoms with Crippen molar-refractivity contribution in [1.82, 2.24) is 0 Å². The predicted molar refractivity (Wildman–Crippen MR) is 75.2 cm³/mol. The van der Waals surface area contributed by atoms with E-state index in [9.17, 15) is 0 Å². The minimum Gasteiger partial charge on any atom is -0.371 e. The van der Waals surface area contributed by atoms with E-state index in [1.807, 2.05) is 0 Å². The molecule has 0 saturated carbocycles. The van der Waals surface area contributed by atoms with E-state index in [0.717, 1.165) is 0 Å². The number of benzene rings is 1. The second kappa shape index (κ2) is 4.10. The molecule has 0 radical (unpaired) electrons. The van der Waals surface area contributed by atoms with Crippen LogP contribution in [0.3, 0.4) is 0 Å². The summed E-state index contributed by atoms with van der Waals surface area (Å²) in [6.07, 6.45) is 7.26. The smallest absolute Gasteiger partial charge is 0.0782 e. The maximum atomic E-state index is 6.22. The van der Waals surface area contributed by atoms with Crippen LogP contribution in [0.1, 0.15) is 26.3 Å². The summed E-state index contributed by atoms with van der Waals surface area (Å²) >= 11 is 0. The van der Waals surface area contributed by atoms with Crippen LogP contribution in [-0.4, -0.2) is 11.7 Å². The number of ether oxygens (including phenoxy) is 1. The van der Waals surface area contributed by atoms with Crippen molar-refractivity contribution in [3.05, 3.63) is 54.1 Å². The van der Waals surface area contributed by atoms with Gasteiger partial charge in [0.1, 0.15) is 0 Å². The standard InChI is InChI=1S/C17H20O/c1-17(2,3)18-16-13-9-10-14(16)15(11-13)12-7-5-4-6-8-12/h4-11,13-14,16H,1-3H3/t13?,14?,16-/m1/s1. The molecule has 1 aromatic carbocycles. The third-order valence-corrected chi connectivity index (χ3v) is 3.60. The van der Waals surface area contributed by atoms with E-state index in [1.165, 1.54) is 11.1 Å². The molecule has 1 aromatic rings. The van der Waals surface area contributed by atoms with Crippen LogP contribution in [0.4, 0.5) is 0 Å². The van der Waals surface area contributed by atoms with Gasteiger partial charge < -0.3 is 4.74 Å². The Labute approximate surface area is 109 Å². The second-order valence-corrected chi connectivity index (χ2v) is 6.17. The van der Waals surface area contributed by atoms with Crippen molar-refractivity contribution in [2.45, 2.75) is 32.5 Å². The topological polar surface area (TPSA) is 9.23 Å². The molecule has 1 nitrogen and oxygen atoms in total. The molecule has 0 spiro atoms. The summed E-state index contributed by atoms with van der Waals surface area (Å²) in [5.41, 5.74) is 2.68. The molecule has 0 heterocycles. The van der Waals surface area contributed by atoms with E-state index in [0.29, 0.717) is 17.9 Å². The van der Waals surface area contributed by atoms with Crippen LogP contribution in [0.2, 0.25) is 0 Å². The molecule has 2 unspecified atom stereocenters. The molecule has 3 rings (SSSR count). The molecule has 18 heavy (non-hydrogen) atoms. The summed E-state index contributed by atoms with van der Waals surface area (Å²) in [6, 6.07) is 10.6. The molecular weight excluding hydrogens is 220 g/mol. The first kappa shape index (κ1) is 11.7. The molecule has 0 aromatic heterocycles. The first-order valence-corrected chi connectivity index (χ1v) is 6.68. The van der Waals surface area contributed by atoms with Crippen LogP contribution in [0, 0.1) is 11.8 Å². The Morgan fingerprint density at radius 1 is 1.00 bits per heavy atom. The van der Waals surface area contributed by atoms with Crippen LogP contribution < -0.4 is 0 Å². The van der Waals surface area contributed by atoms with Crippen LogP contribution in [0.25, 0.3) is 5.57 Å². The van der Waals surface area contributed by atoms with E-state index < -0.39 is 0 Å². The summed E-state index contributed by atoms with van der Waals surface area (Å²) in [5, 5.41) is 0. The highest BCUT2D eigenvalue weighted by Crippen LogP contribution is 2.46. The Hall–Kier alpha value is -1.34. The molecule has 1 heteroatoms. The second-order valence-electron chi connectivity index (χ2n) is 6.17. The molecule has 0 fully saturated rings. The van der Waals surface area contributed by atoms with Crippen molar-refractivity contribution in [3.8, 4) is 0 Å². The van der Waals surface area contributed by atoms with Crippen LogP contribution in [-0.2, 0) is 4.74 Å². The molecule has 0 saturated heterocycles. The zero-order chi connectivity index (χ0) is 12.8. The zero-order valence-corrected chi connectivity index (χ0v) is 11.3. The van der Waals surface area contributed by atoms with E-state index >= 15 is 0 Å². The number of rotatable bonds is 2. The van der Waals surface area contributed by atoms with Crippen LogP contribution in [0.15, 0.2) is 48.6 Å². The lowest BCUT2D eigenvalue weighted by Crippen LogP contribution is -2.31. The minimum atomic E-state index is -0.0762. The Morgan fingerprint density at radius 3 is 2.39 bits per heavy atom. The molecule has 2 bridgehead atoms. The summed E-state index contributed by atoms with van der Waals surface area (Å²) in [4.78, 5) is 0. The molecule has 3 atom stereocenters. The van der Waals surface area contributed by atoms with Crippen molar-refractivity contribution in [2.24, 2.45) is 11.8 Å². The van der Waals surface area contributed by atoms with E-state index in [-0.39, 0.29) is 5.60 Å². The highest BCUT2D eigenvalue weighted by molar-refractivity contribution is 5.74. The lowest BCUT2D eigenvalue weighted by Gasteiger charge is -2.28. The van der Waals surface area contributed by atoms with Crippen molar-refractivity contribution in [2.75, 3.05) is 0 Å². The Balaban J connectivity index is 1.84. The van der Waals surface area contributed by atoms with Crippen molar-refractivity contribution >= 4 is 5.57 Å². The van der Waals surface area contributed by atoms with Crippen molar-refractivity contribution < 1.29 is 4.74 Å². The Morgan fingerprint density at radius 2 is 1.72 bits per heavy atom. The molecular formula is C17H20O. The molecule has 2 aliphatic carbocycles. The van der Waals surface area contributed by atoms with Gasteiger partial charge >= 0.3 is 0 Å². The van der Waals surface area contributed by atoms with Gasteiger partial charge in [-0.2, -0.15) is 0 Å². The average Bonchev–Trinajstić information content (AvgIpc) is 2.85. The lowest BCUT2D eigenvalue weighted by molar-refractivity contribution is -0.0710. The Kier molecular flexibility index (Phi) is 2.67. The predicted octanol–water partition coefficient (Wildman–Crippen LogP) is 4.07. The highest BCUT2D eigenvalue weighted by atomic mass is 16.5. The lowest BCUT2D eigenvalue weighted by atomic mass is 9.94. The maximum Gasteiger partial charge on any atom is 0.0782 e. The SMILES string of the molecule is CC(C)(C)O[C@@H]1C2C=CC1C(c1ccccc1)=C2. The van der Waals surface area contributed by atoms with Crippen molar-refractivity contribution in [1.29, 1.82) is 0 Å². The largest absolute Gasteiger partial charge is 0.371 e. The fourth-order valence-corrected chi connectivity index (χ4v) is 2.94. The molecule has 0 amide bonds. The van der Waals surface area contributed by atoms with Gasteiger partial charge in [0.15, 0.2) is 0 Å². The first-order chi connectivity index (χ1) is 8.54. The summed E-state index contributed by atoms with van der Waals surface area (Å²) in [6.45, 7) is 6.40. The minimum absolute atomic E-state index is 0.0762. The van der Waals surface area contributed by atoms with E-state index in [1.54, 1.807) is 0 Å². The zero-order valence-electron chi connectivity index (χ0n) is 11.3. The van der Waals surface area contributed by atoms with E-state index in [4.69, 9.17) is 4.74 Å². The van der Waals surface area contributed by atoms with Gasteiger partial charge in [-0.1, -0.05) is 48.6 Å². The molecule has 0 aliphatic heterocycles. The normalized spacial score (nSPS) is 29.7. The van der Waals surface area contributed by atoms with Crippen molar-refractivity contribution in [3.63, 3.8) is 0 Å². The quantitative estimate of drug-likeness (QED) is 0.708. The van der Waals surface area contributed by atoms with Gasteiger partial charge in [-0.15, -0.1) is 0 Å². The summed E-state index contributed by atoms with van der Waals surface area (Å²) < 4.78 is 6.22. The van der Waals surface area contributed by atoms with Crippen LogP contribution >= 0.6 is 0 Å². The monoisotopic (exact) mass is 240 g/mol. The Bertz CT molecular complexity index is 490. The molecule has 2 aliphatic rings. The summed E-state index contributed by atoms with van der Waals surface area (Å²) in [7, 11) is 0. The number of hydrogen-bond acceptors (Lipinski definition) is 1. The third kappa shape index (κ3) is 2.04. The van der Waals surface area contributed by atoms with Gasteiger partial charge in [0.05, 0.1) is 11.7 Å². The fraction of sp³-hybridized carbons (Fsp3) is 0.412. The van der Waals surface area contributed by atoms with Gasteiger partial charge in [0.2, 0.25) is 0 Å². The van der Waals surface area contributed by atoms with Gasteiger partial charge in [-0.25, -0.2) is 0 Å². The third-order valence-electron chi connectivity index (χ3n) is 3.60. The van der Waals surface area contributed by atoms with Gasteiger partial charge in [0, 0.05) is 11.8 Å². The molecule has 0 N–H and O–H groups in total. The first-order valence-electron chi connectivity index (χ1n) is 6.68. The maximum absolute atomic E-state index is 6.22. The van der Waals surface area contributed by atoms with E-state index in [2.05, 4.69) is 69.3 Å². The number of hydrogen-bond donors (Lipinski definition) is 0. The van der Waals surface area contributed by atoms with Gasteiger partial charge in [-0.3, -0.25) is 0 Å². The van der Waals surface area contributed by atoms with Gasteiger partial charge in [0.25, 0.3) is 0 Å². The summed E-state index contributed by atoms with van der Waals surface area (Å²) in [5.74, 6) is 0.876. The van der Waals surface area contributed by atoms with Crippen LogP contribution in [0.5, 0.6) is 0 Å². The average molecular weight is 240 g/mol. The fourth-order valence-electron chi connectivity index (χ4n) is 2.94. The highest BCUT2D eigenvalue weighted by Gasteiger charge is 2.41.